The first-order valence-electron chi connectivity index (χ1n) is 10.6. The monoisotopic (exact) mass is 418 g/mol. The van der Waals surface area contributed by atoms with Gasteiger partial charge < -0.3 is 9.47 Å². The van der Waals surface area contributed by atoms with Crippen LogP contribution in [0.2, 0.25) is 0 Å². The third-order valence-electron chi connectivity index (χ3n) is 5.48. The van der Waals surface area contributed by atoms with E-state index in [1.165, 1.54) is 5.56 Å². The molecule has 3 nitrogen and oxygen atoms in total. The lowest BCUT2D eigenvalue weighted by Crippen LogP contribution is -1.98. The van der Waals surface area contributed by atoms with Gasteiger partial charge in [-0.25, -0.2) is 0 Å². The van der Waals surface area contributed by atoms with E-state index in [1.807, 2.05) is 60.7 Å². The van der Waals surface area contributed by atoms with Crippen LogP contribution in [0.5, 0.6) is 11.5 Å². The summed E-state index contributed by atoms with van der Waals surface area (Å²) in [6.45, 7) is 2.52. The lowest BCUT2D eigenvalue weighted by atomic mass is 10.0. The number of ether oxygens (including phenoxy) is 2. The maximum atomic E-state index is 12.8. The van der Waals surface area contributed by atoms with Crippen molar-refractivity contribution in [3.63, 3.8) is 0 Å². The molecule has 0 N–H and O–H groups in total. The molecule has 5 rings (SSSR count). The Morgan fingerprint density at radius 1 is 0.812 bits per heavy atom. The Morgan fingerprint density at radius 2 is 1.53 bits per heavy atom. The minimum atomic E-state index is -0.114. The highest BCUT2D eigenvalue weighted by Gasteiger charge is 2.27. The molecule has 1 aliphatic rings. The molecule has 0 fully saturated rings. The maximum absolute atomic E-state index is 12.8. The fourth-order valence-corrected chi connectivity index (χ4v) is 3.66. The summed E-state index contributed by atoms with van der Waals surface area (Å²) >= 11 is 0. The van der Waals surface area contributed by atoms with Gasteiger partial charge in [0.2, 0.25) is 5.78 Å². The fraction of sp³-hybridized carbons (Fsp3) is 0.0690. The number of rotatable bonds is 5. The van der Waals surface area contributed by atoms with Crippen LogP contribution in [0, 0.1) is 6.92 Å². The van der Waals surface area contributed by atoms with E-state index in [9.17, 15) is 4.79 Å². The van der Waals surface area contributed by atoms with Crippen molar-refractivity contribution in [3.8, 4) is 22.6 Å². The second kappa shape index (κ2) is 8.56. The predicted molar refractivity (Wildman–Crippen MR) is 127 cm³/mol. The molecule has 0 aliphatic carbocycles. The van der Waals surface area contributed by atoms with Gasteiger partial charge >= 0.3 is 0 Å². The number of aryl methyl sites for hydroxylation is 1. The number of carbonyl (C=O) groups excluding carboxylic acids is 1. The number of benzene rings is 4. The van der Waals surface area contributed by atoms with Gasteiger partial charge in [0, 0.05) is 6.07 Å². The molecule has 0 atom stereocenters. The fourth-order valence-electron chi connectivity index (χ4n) is 3.66. The van der Waals surface area contributed by atoms with Crippen LogP contribution in [-0.4, -0.2) is 5.78 Å². The van der Waals surface area contributed by atoms with Crippen molar-refractivity contribution in [2.45, 2.75) is 13.5 Å². The summed E-state index contributed by atoms with van der Waals surface area (Å²) in [7, 11) is 0. The van der Waals surface area contributed by atoms with Crippen molar-refractivity contribution in [3.05, 3.63) is 125 Å². The van der Waals surface area contributed by atoms with Crippen molar-refractivity contribution in [1.29, 1.82) is 0 Å². The number of ketones is 1. The molecule has 3 heteroatoms. The van der Waals surface area contributed by atoms with E-state index in [-0.39, 0.29) is 5.78 Å². The molecule has 0 saturated heterocycles. The molecule has 4 aromatic rings. The Labute approximate surface area is 187 Å². The van der Waals surface area contributed by atoms with Crippen molar-refractivity contribution in [2.24, 2.45) is 0 Å². The van der Waals surface area contributed by atoms with E-state index in [1.54, 1.807) is 18.2 Å². The molecule has 0 amide bonds. The van der Waals surface area contributed by atoms with Crippen LogP contribution in [-0.2, 0) is 6.61 Å². The zero-order valence-corrected chi connectivity index (χ0v) is 17.7. The number of hydrogen-bond acceptors (Lipinski definition) is 3. The van der Waals surface area contributed by atoms with Gasteiger partial charge in [0.15, 0.2) is 5.76 Å². The highest BCUT2D eigenvalue weighted by molar-refractivity contribution is 6.14. The van der Waals surface area contributed by atoms with Crippen LogP contribution < -0.4 is 9.47 Å². The molecule has 0 unspecified atom stereocenters. The Morgan fingerprint density at radius 3 is 2.28 bits per heavy atom. The Hall–Kier alpha value is -4.11. The first-order valence-corrected chi connectivity index (χ1v) is 10.6. The van der Waals surface area contributed by atoms with Crippen molar-refractivity contribution < 1.29 is 14.3 Å². The van der Waals surface area contributed by atoms with Crippen LogP contribution in [0.15, 0.2) is 103 Å². The molecule has 0 spiro atoms. The molecule has 156 valence electrons. The standard InChI is InChI=1S/C29H22O3/c1-20-7-9-22(10-8-20)19-31-25-15-16-26-27(18-25)32-28(29(26)30)17-21-11-13-24(14-12-21)23-5-3-2-4-6-23/h2-18H,19H2,1H3/b28-17-. The van der Waals surface area contributed by atoms with Gasteiger partial charge in [0.1, 0.15) is 18.1 Å². The normalized spacial score (nSPS) is 13.7. The molecule has 4 aromatic carbocycles. The SMILES string of the molecule is Cc1ccc(COc2ccc3c(c2)O/C(=C\c2ccc(-c4ccccc4)cc2)C3=O)cc1. The van der Waals surface area contributed by atoms with Crippen LogP contribution >= 0.6 is 0 Å². The topological polar surface area (TPSA) is 35.5 Å². The molecule has 0 radical (unpaired) electrons. The summed E-state index contributed by atoms with van der Waals surface area (Å²) in [4.78, 5) is 12.8. The smallest absolute Gasteiger partial charge is 0.231 e. The average molecular weight is 418 g/mol. The second-order valence-electron chi connectivity index (χ2n) is 7.86. The van der Waals surface area contributed by atoms with Crippen molar-refractivity contribution >= 4 is 11.9 Å². The van der Waals surface area contributed by atoms with E-state index in [0.29, 0.717) is 29.4 Å². The van der Waals surface area contributed by atoms with Crippen LogP contribution in [0.1, 0.15) is 27.0 Å². The second-order valence-corrected chi connectivity index (χ2v) is 7.86. The minimum Gasteiger partial charge on any atom is -0.489 e. The largest absolute Gasteiger partial charge is 0.489 e. The number of carbonyl (C=O) groups is 1. The minimum absolute atomic E-state index is 0.114. The van der Waals surface area contributed by atoms with Gasteiger partial charge in [-0.15, -0.1) is 0 Å². The van der Waals surface area contributed by atoms with Gasteiger partial charge in [-0.3, -0.25) is 4.79 Å². The summed E-state index contributed by atoms with van der Waals surface area (Å²) < 4.78 is 11.8. The first kappa shape index (κ1) is 19.8. The van der Waals surface area contributed by atoms with Gasteiger partial charge in [-0.2, -0.15) is 0 Å². The molecular weight excluding hydrogens is 396 g/mol. The lowest BCUT2D eigenvalue weighted by molar-refractivity contribution is 0.101. The Balaban J connectivity index is 1.30. The summed E-state index contributed by atoms with van der Waals surface area (Å²) in [5.74, 6) is 1.41. The lowest BCUT2D eigenvalue weighted by Gasteiger charge is -2.07. The van der Waals surface area contributed by atoms with E-state index in [0.717, 1.165) is 22.3 Å². The predicted octanol–water partition coefficient (Wildman–Crippen LogP) is 6.86. The molecule has 1 heterocycles. The summed E-state index contributed by atoms with van der Waals surface area (Å²) in [5.41, 5.74) is 6.06. The number of fused-ring (bicyclic) bond motifs is 1. The summed E-state index contributed by atoms with van der Waals surface area (Å²) in [6.07, 6.45) is 1.78. The van der Waals surface area contributed by atoms with Gasteiger partial charge in [-0.1, -0.05) is 84.4 Å². The summed E-state index contributed by atoms with van der Waals surface area (Å²) in [6, 6.07) is 31.8. The van der Waals surface area contributed by atoms with E-state index >= 15 is 0 Å². The Kier molecular flexibility index (Phi) is 5.30. The quantitative estimate of drug-likeness (QED) is 0.332. The van der Waals surface area contributed by atoms with Crippen molar-refractivity contribution in [2.75, 3.05) is 0 Å². The van der Waals surface area contributed by atoms with E-state index < -0.39 is 0 Å². The molecule has 0 saturated carbocycles. The molecule has 32 heavy (non-hydrogen) atoms. The highest BCUT2D eigenvalue weighted by atomic mass is 16.5. The third-order valence-corrected chi connectivity index (χ3v) is 5.48. The zero-order valence-electron chi connectivity index (χ0n) is 17.7. The van der Waals surface area contributed by atoms with Crippen LogP contribution in [0.4, 0.5) is 0 Å². The number of hydrogen-bond donors (Lipinski definition) is 0. The summed E-state index contributed by atoms with van der Waals surface area (Å²) in [5, 5.41) is 0. The maximum Gasteiger partial charge on any atom is 0.231 e. The third kappa shape index (κ3) is 4.19. The highest BCUT2D eigenvalue weighted by Crippen LogP contribution is 2.35. The van der Waals surface area contributed by atoms with Gasteiger partial charge in [0.25, 0.3) is 0 Å². The number of Topliss-reactive ketones (excluding diaryl/α,β-unsaturated/α-hetero) is 1. The molecule has 1 aliphatic heterocycles. The molecule has 0 aromatic heterocycles. The molecular formula is C29H22O3. The first-order chi connectivity index (χ1) is 15.7. The average Bonchev–Trinajstić information content (AvgIpc) is 3.14. The van der Waals surface area contributed by atoms with Gasteiger partial charge in [0.05, 0.1) is 5.56 Å². The zero-order chi connectivity index (χ0) is 21.9. The van der Waals surface area contributed by atoms with Crippen LogP contribution in [0.3, 0.4) is 0 Å². The molecule has 0 bridgehead atoms. The van der Waals surface area contributed by atoms with Crippen LogP contribution in [0.25, 0.3) is 17.2 Å². The van der Waals surface area contributed by atoms with E-state index in [2.05, 4.69) is 31.2 Å². The number of allylic oxidation sites excluding steroid dienone is 1. The van der Waals surface area contributed by atoms with Crippen molar-refractivity contribution in [1.82, 2.24) is 0 Å². The van der Waals surface area contributed by atoms with E-state index in [4.69, 9.17) is 9.47 Å². The van der Waals surface area contributed by atoms with Gasteiger partial charge in [-0.05, 0) is 47.4 Å². The Bertz CT molecular complexity index is 1280.